The van der Waals surface area contributed by atoms with Crippen molar-refractivity contribution >= 4 is 5.91 Å². The number of morpholine rings is 1. The van der Waals surface area contributed by atoms with Crippen LogP contribution in [0.15, 0.2) is 27.3 Å². The molecule has 160 valence electrons. The molecule has 0 radical (unpaired) electrons. The Labute approximate surface area is 172 Å². The number of aryl methyl sites for hydroxylation is 1. The van der Waals surface area contributed by atoms with Crippen LogP contribution in [0, 0.1) is 0 Å². The highest BCUT2D eigenvalue weighted by Gasteiger charge is 2.18. The van der Waals surface area contributed by atoms with Crippen LogP contribution in [-0.4, -0.2) is 71.8 Å². The lowest BCUT2D eigenvalue weighted by atomic mass is 10.2. The van der Waals surface area contributed by atoms with Gasteiger partial charge in [0.15, 0.2) is 5.76 Å². The Hall–Kier alpha value is -2.19. The van der Waals surface area contributed by atoms with Gasteiger partial charge in [0, 0.05) is 45.6 Å². The SMILES string of the molecule is CCCCCCN(CCN1CCOCC1)C(=O)CCc1nc(-c2ccco2)no1. The summed E-state index contributed by atoms with van der Waals surface area (Å²) in [6.07, 6.45) is 6.99. The molecule has 29 heavy (non-hydrogen) atoms. The molecule has 0 N–H and O–H groups in total. The second-order valence-corrected chi connectivity index (χ2v) is 7.38. The minimum atomic E-state index is 0.146. The highest BCUT2D eigenvalue weighted by Crippen LogP contribution is 2.16. The molecule has 1 fully saturated rings. The maximum atomic E-state index is 12.9. The molecule has 0 unspecified atom stereocenters. The van der Waals surface area contributed by atoms with Crippen molar-refractivity contribution in [2.24, 2.45) is 0 Å². The van der Waals surface area contributed by atoms with Gasteiger partial charge < -0.3 is 18.6 Å². The normalized spacial score (nSPS) is 14.9. The first-order chi connectivity index (χ1) is 14.3. The Kier molecular flexibility index (Phi) is 8.70. The highest BCUT2D eigenvalue weighted by atomic mass is 16.5. The van der Waals surface area contributed by atoms with Crippen LogP contribution in [0.2, 0.25) is 0 Å². The summed E-state index contributed by atoms with van der Waals surface area (Å²) in [4.78, 5) is 21.5. The first-order valence-electron chi connectivity index (χ1n) is 10.7. The number of rotatable bonds is 12. The lowest BCUT2D eigenvalue weighted by Gasteiger charge is -2.30. The fraction of sp³-hybridized carbons (Fsp3) is 0.667. The molecule has 0 aliphatic carbocycles. The topological polar surface area (TPSA) is 84.8 Å². The summed E-state index contributed by atoms with van der Waals surface area (Å²) in [5.74, 6) is 1.59. The Balaban J connectivity index is 1.49. The van der Waals surface area contributed by atoms with E-state index in [9.17, 15) is 4.79 Å². The number of hydrogen-bond donors (Lipinski definition) is 0. The van der Waals surface area contributed by atoms with Gasteiger partial charge in [-0.1, -0.05) is 31.3 Å². The number of nitrogens with zero attached hydrogens (tertiary/aromatic N) is 4. The van der Waals surface area contributed by atoms with Gasteiger partial charge in [0.05, 0.1) is 19.5 Å². The first kappa shape index (κ1) is 21.5. The van der Waals surface area contributed by atoms with Gasteiger partial charge >= 0.3 is 0 Å². The zero-order chi connectivity index (χ0) is 20.3. The Morgan fingerprint density at radius 1 is 1.21 bits per heavy atom. The van der Waals surface area contributed by atoms with Gasteiger partial charge in [-0.05, 0) is 18.6 Å². The predicted octanol–water partition coefficient (Wildman–Crippen LogP) is 3.00. The van der Waals surface area contributed by atoms with E-state index in [1.807, 2.05) is 4.90 Å². The summed E-state index contributed by atoms with van der Waals surface area (Å²) in [6, 6.07) is 3.56. The number of ether oxygens (including phenoxy) is 1. The van der Waals surface area contributed by atoms with Crippen molar-refractivity contribution in [3.8, 4) is 11.6 Å². The van der Waals surface area contributed by atoms with Gasteiger partial charge in [0.1, 0.15) is 0 Å². The quantitative estimate of drug-likeness (QED) is 0.503. The van der Waals surface area contributed by atoms with Crippen molar-refractivity contribution in [1.82, 2.24) is 19.9 Å². The van der Waals surface area contributed by atoms with Gasteiger partial charge in [-0.2, -0.15) is 4.98 Å². The molecular weight excluding hydrogens is 372 g/mol. The summed E-state index contributed by atoms with van der Waals surface area (Å²) in [7, 11) is 0. The standard InChI is InChI=1S/C21H32N4O4/c1-2-3-4-5-10-25(12-11-24-13-16-27-17-14-24)20(26)9-8-19-22-21(23-29-19)18-7-6-15-28-18/h6-7,15H,2-5,8-14,16-17H2,1H3. The average molecular weight is 405 g/mol. The van der Waals surface area contributed by atoms with E-state index in [4.69, 9.17) is 13.7 Å². The van der Waals surface area contributed by atoms with Crippen LogP contribution in [0.5, 0.6) is 0 Å². The van der Waals surface area contributed by atoms with E-state index in [1.54, 1.807) is 18.4 Å². The van der Waals surface area contributed by atoms with E-state index in [1.165, 1.54) is 12.8 Å². The number of carbonyl (C=O) groups is 1. The van der Waals surface area contributed by atoms with Crippen LogP contribution in [0.1, 0.15) is 44.9 Å². The number of hydrogen-bond acceptors (Lipinski definition) is 7. The molecule has 3 rings (SSSR count). The smallest absolute Gasteiger partial charge is 0.238 e. The minimum absolute atomic E-state index is 0.146. The van der Waals surface area contributed by atoms with Gasteiger partial charge in [0.25, 0.3) is 0 Å². The molecular formula is C21H32N4O4. The van der Waals surface area contributed by atoms with Crippen molar-refractivity contribution in [3.05, 3.63) is 24.3 Å². The molecule has 0 saturated carbocycles. The van der Waals surface area contributed by atoms with E-state index >= 15 is 0 Å². The fourth-order valence-corrected chi connectivity index (χ4v) is 3.41. The summed E-state index contributed by atoms with van der Waals surface area (Å²) in [5, 5.41) is 3.93. The van der Waals surface area contributed by atoms with Crippen LogP contribution in [-0.2, 0) is 16.0 Å². The van der Waals surface area contributed by atoms with Crippen molar-refractivity contribution in [2.75, 3.05) is 45.9 Å². The summed E-state index contributed by atoms with van der Waals surface area (Å²) in [6.45, 7) is 8.09. The molecule has 1 aliphatic rings. The molecule has 0 spiro atoms. The van der Waals surface area contributed by atoms with E-state index in [-0.39, 0.29) is 5.91 Å². The van der Waals surface area contributed by atoms with Crippen LogP contribution in [0.3, 0.4) is 0 Å². The van der Waals surface area contributed by atoms with Gasteiger partial charge in [-0.15, -0.1) is 0 Å². The molecule has 1 aliphatic heterocycles. The minimum Gasteiger partial charge on any atom is -0.461 e. The van der Waals surface area contributed by atoms with Gasteiger partial charge in [-0.25, -0.2) is 0 Å². The third kappa shape index (κ3) is 6.97. The number of carbonyl (C=O) groups excluding carboxylic acids is 1. The molecule has 0 bridgehead atoms. The van der Waals surface area contributed by atoms with Crippen LogP contribution < -0.4 is 0 Å². The van der Waals surface area contributed by atoms with Crippen molar-refractivity contribution in [3.63, 3.8) is 0 Å². The summed E-state index contributed by atoms with van der Waals surface area (Å²) in [5.41, 5.74) is 0. The van der Waals surface area contributed by atoms with Crippen molar-refractivity contribution in [2.45, 2.75) is 45.4 Å². The first-order valence-corrected chi connectivity index (χ1v) is 10.7. The Morgan fingerprint density at radius 2 is 2.07 bits per heavy atom. The van der Waals surface area contributed by atoms with Crippen molar-refractivity contribution < 1.29 is 18.5 Å². The number of unbranched alkanes of at least 4 members (excludes halogenated alkanes) is 3. The number of amides is 1. The molecule has 2 aromatic rings. The van der Waals surface area contributed by atoms with E-state index in [2.05, 4.69) is 22.0 Å². The van der Waals surface area contributed by atoms with E-state index in [0.717, 1.165) is 58.8 Å². The third-order valence-electron chi connectivity index (χ3n) is 5.19. The third-order valence-corrected chi connectivity index (χ3v) is 5.19. The molecule has 0 aromatic carbocycles. The fourth-order valence-electron chi connectivity index (χ4n) is 3.41. The molecule has 8 heteroatoms. The van der Waals surface area contributed by atoms with Crippen LogP contribution in [0.25, 0.3) is 11.6 Å². The summed E-state index contributed by atoms with van der Waals surface area (Å²) >= 11 is 0. The van der Waals surface area contributed by atoms with E-state index in [0.29, 0.717) is 30.3 Å². The predicted molar refractivity (Wildman–Crippen MR) is 108 cm³/mol. The van der Waals surface area contributed by atoms with Crippen LogP contribution >= 0.6 is 0 Å². The number of furan rings is 1. The second-order valence-electron chi connectivity index (χ2n) is 7.38. The van der Waals surface area contributed by atoms with Gasteiger partial charge in [0.2, 0.25) is 17.6 Å². The monoisotopic (exact) mass is 404 g/mol. The largest absolute Gasteiger partial charge is 0.461 e. The Morgan fingerprint density at radius 3 is 2.83 bits per heavy atom. The van der Waals surface area contributed by atoms with E-state index < -0.39 is 0 Å². The zero-order valence-electron chi connectivity index (χ0n) is 17.3. The Bertz CT molecular complexity index is 710. The molecule has 0 atom stereocenters. The zero-order valence-corrected chi connectivity index (χ0v) is 17.3. The van der Waals surface area contributed by atoms with Crippen molar-refractivity contribution in [1.29, 1.82) is 0 Å². The molecule has 1 amide bonds. The highest BCUT2D eigenvalue weighted by molar-refractivity contribution is 5.76. The second kappa shape index (κ2) is 11.7. The molecule has 2 aromatic heterocycles. The molecule has 1 saturated heterocycles. The summed E-state index contributed by atoms with van der Waals surface area (Å²) < 4.78 is 16.0. The average Bonchev–Trinajstić information content (AvgIpc) is 3.44. The molecule has 3 heterocycles. The maximum absolute atomic E-state index is 12.9. The van der Waals surface area contributed by atoms with Crippen LogP contribution in [0.4, 0.5) is 0 Å². The number of aromatic nitrogens is 2. The lowest BCUT2D eigenvalue weighted by molar-refractivity contribution is -0.131. The lowest BCUT2D eigenvalue weighted by Crippen LogP contribution is -2.43. The molecule has 8 nitrogen and oxygen atoms in total. The van der Waals surface area contributed by atoms with Gasteiger partial charge in [-0.3, -0.25) is 9.69 Å². The maximum Gasteiger partial charge on any atom is 0.238 e.